The minimum Gasteiger partial charge on any atom is -0.491 e. The molecule has 1 aliphatic rings. The molecular weight excluding hydrogens is 232 g/mol. The molecule has 0 aliphatic carbocycles. The van der Waals surface area contributed by atoms with Crippen molar-refractivity contribution in [2.24, 2.45) is 4.99 Å². The molecule has 0 radical (unpaired) electrons. The van der Waals surface area contributed by atoms with Gasteiger partial charge in [0.05, 0.1) is 11.8 Å². The van der Waals surface area contributed by atoms with Crippen molar-refractivity contribution in [2.45, 2.75) is 20.0 Å². The minimum absolute atomic E-state index is 0.0531. The molecule has 0 aromatic heterocycles. The number of rotatable bonds is 3. The molecule has 0 bridgehead atoms. The molecule has 0 unspecified atom stereocenters. The number of carbonyl (C=O) groups excluding carboxylic acids is 1. The van der Waals surface area contributed by atoms with Crippen molar-refractivity contribution in [3.8, 4) is 5.75 Å². The standard InChI is InChI=1S/C13H16N2O3/c1-9(2)18-11-6-4-5-10(7-11)14-13-15(3)12(16)8-17-13/h4-7,9H,8H2,1-3H3. The average molecular weight is 248 g/mol. The number of amides is 1. The number of ether oxygens (including phenoxy) is 2. The topological polar surface area (TPSA) is 51.1 Å². The van der Waals surface area contributed by atoms with Crippen molar-refractivity contribution < 1.29 is 14.3 Å². The van der Waals surface area contributed by atoms with Gasteiger partial charge in [-0.3, -0.25) is 9.69 Å². The Bertz CT molecular complexity index is 483. The van der Waals surface area contributed by atoms with Gasteiger partial charge in [0, 0.05) is 13.1 Å². The van der Waals surface area contributed by atoms with Crippen molar-refractivity contribution in [2.75, 3.05) is 13.7 Å². The van der Waals surface area contributed by atoms with E-state index in [2.05, 4.69) is 4.99 Å². The summed E-state index contributed by atoms with van der Waals surface area (Å²) in [6.45, 7) is 3.98. The van der Waals surface area contributed by atoms with Gasteiger partial charge in [0.1, 0.15) is 5.75 Å². The minimum atomic E-state index is -0.0941. The molecule has 1 heterocycles. The van der Waals surface area contributed by atoms with Gasteiger partial charge in [-0.1, -0.05) is 6.07 Å². The molecule has 2 rings (SSSR count). The normalized spacial score (nSPS) is 17.4. The van der Waals surface area contributed by atoms with Gasteiger partial charge in [-0.2, -0.15) is 4.99 Å². The van der Waals surface area contributed by atoms with Gasteiger partial charge >= 0.3 is 0 Å². The maximum atomic E-state index is 11.3. The summed E-state index contributed by atoms with van der Waals surface area (Å²) in [7, 11) is 1.64. The first-order chi connectivity index (χ1) is 8.56. The summed E-state index contributed by atoms with van der Waals surface area (Å²) in [6, 6.07) is 7.69. The lowest BCUT2D eigenvalue weighted by Gasteiger charge is -2.10. The van der Waals surface area contributed by atoms with Crippen LogP contribution in [0.15, 0.2) is 29.3 Å². The zero-order valence-electron chi connectivity index (χ0n) is 10.7. The van der Waals surface area contributed by atoms with E-state index in [1.807, 2.05) is 38.1 Å². The summed E-state index contributed by atoms with van der Waals surface area (Å²) in [5.74, 6) is 0.655. The van der Waals surface area contributed by atoms with Crippen LogP contribution in [0, 0.1) is 0 Å². The SMILES string of the molecule is CC(C)Oc1cccc(N=C2OCC(=O)N2C)c1. The van der Waals surface area contributed by atoms with Crippen molar-refractivity contribution in [3.63, 3.8) is 0 Å². The number of likely N-dealkylation sites (N-methyl/N-ethyl adjacent to an activating group) is 1. The van der Waals surface area contributed by atoms with E-state index in [4.69, 9.17) is 9.47 Å². The predicted octanol–water partition coefficient (Wildman–Crippen LogP) is 1.95. The third-order valence-corrected chi connectivity index (χ3v) is 2.40. The Kier molecular flexibility index (Phi) is 3.50. The highest BCUT2D eigenvalue weighted by Gasteiger charge is 2.25. The quantitative estimate of drug-likeness (QED) is 0.821. The second-order valence-electron chi connectivity index (χ2n) is 4.30. The first kappa shape index (κ1) is 12.4. The molecule has 5 nitrogen and oxygen atoms in total. The number of carbonyl (C=O) groups is 1. The highest BCUT2D eigenvalue weighted by atomic mass is 16.5. The molecule has 1 saturated heterocycles. The van der Waals surface area contributed by atoms with Gasteiger partial charge in [-0.15, -0.1) is 0 Å². The molecule has 0 saturated carbocycles. The van der Waals surface area contributed by atoms with E-state index in [-0.39, 0.29) is 18.6 Å². The molecule has 1 aliphatic heterocycles. The van der Waals surface area contributed by atoms with E-state index in [1.54, 1.807) is 7.05 Å². The number of amidine groups is 1. The fourth-order valence-corrected chi connectivity index (χ4v) is 1.54. The average Bonchev–Trinajstić information content (AvgIpc) is 2.61. The van der Waals surface area contributed by atoms with Gasteiger partial charge in [0.15, 0.2) is 6.61 Å². The maximum Gasteiger partial charge on any atom is 0.299 e. The van der Waals surface area contributed by atoms with Gasteiger partial charge in [-0.25, -0.2) is 0 Å². The van der Waals surface area contributed by atoms with E-state index >= 15 is 0 Å². The molecule has 1 aromatic carbocycles. The van der Waals surface area contributed by atoms with Crippen LogP contribution in [-0.4, -0.2) is 36.6 Å². The zero-order chi connectivity index (χ0) is 13.1. The molecule has 18 heavy (non-hydrogen) atoms. The lowest BCUT2D eigenvalue weighted by molar-refractivity contribution is -0.124. The van der Waals surface area contributed by atoms with Crippen LogP contribution in [0.25, 0.3) is 0 Å². The van der Waals surface area contributed by atoms with Crippen molar-refractivity contribution in [1.29, 1.82) is 0 Å². The Morgan fingerprint density at radius 1 is 1.44 bits per heavy atom. The summed E-state index contributed by atoms with van der Waals surface area (Å²) >= 11 is 0. The molecular formula is C13H16N2O3. The summed E-state index contributed by atoms with van der Waals surface area (Å²) < 4.78 is 10.8. The van der Waals surface area contributed by atoms with Crippen LogP contribution in [0.3, 0.4) is 0 Å². The zero-order valence-corrected chi connectivity index (χ0v) is 10.7. The molecule has 0 spiro atoms. The van der Waals surface area contributed by atoms with Gasteiger partial charge in [0.2, 0.25) is 0 Å². The molecule has 96 valence electrons. The van der Waals surface area contributed by atoms with Crippen LogP contribution in [-0.2, 0) is 9.53 Å². The largest absolute Gasteiger partial charge is 0.491 e. The smallest absolute Gasteiger partial charge is 0.299 e. The van der Waals surface area contributed by atoms with Crippen molar-refractivity contribution in [3.05, 3.63) is 24.3 Å². The predicted molar refractivity (Wildman–Crippen MR) is 68.0 cm³/mol. The van der Waals surface area contributed by atoms with Gasteiger partial charge in [-0.05, 0) is 26.0 Å². The fourth-order valence-electron chi connectivity index (χ4n) is 1.54. The van der Waals surface area contributed by atoms with Gasteiger partial charge < -0.3 is 9.47 Å². The van der Waals surface area contributed by atoms with Crippen LogP contribution in [0.4, 0.5) is 5.69 Å². The van der Waals surface area contributed by atoms with Crippen molar-refractivity contribution in [1.82, 2.24) is 4.90 Å². The van der Waals surface area contributed by atoms with E-state index in [0.29, 0.717) is 11.7 Å². The summed E-state index contributed by atoms with van der Waals surface area (Å²) in [6.07, 6.45) is 0.111. The lowest BCUT2D eigenvalue weighted by Crippen LogP contribution is -2.24. The van der Waals surface area contributed by atoms with Crippen LogP contribution >= 0.6 is 0 Å². The summed E-state index contributed by atoms with van der Waals surface area (Å²) in [5, 5.41) is 0. The van der Waals surface area contributed by atoms with E-state index in [9.17, 15) is 4.79 Å². The van der Waals surface area contributed by atoms with Crippen LogP contribution in [0.5, 0.6) is 5.75 Å². The third-order valence-electron chi connectivity index (χ3n) is 2.40. The number of nitrogens with zero attached hydrogens (tertiary/aromatic N) is 2. The second-order valence-corrected chi connectivity index (χ2v) is 4.30. The van der Waals surface area contributed by atoms with Crippen LogP contribution in [0.1, 0.15) is 13.8 Å². The molecule has 1 aromatic rings. The monoisotopic (exact) mass is 248 g/mol. The first-order valence-electron chi connectivity index (χ1n) is 5.81. The van der Waals surface area contributed by atoms with Crippen LogP contribution in [0.2, 0.25) is 0 Å². The third kappa shape index (κ3) is 2.80. The van der Waals surface area contributed by atoms with Crippen LogP contribution < -0.4 is 4.74 Å². The van der Waals surface area contributed by atoms with E-state index in [0.717, 1.165) is 5.75 Å². The Labute approximate surface area is 106 Å². The van der Waals surface area contributed by atoms with Gasteiger partial charge in [0.25, 0.3) is 11.9 Å². The summed E-state index contributed by atoms with van der Waals surface area (Å²) in [4.78, 5) is 17.0. The summed E-state index contributed by atoms with van der Waals surface area (Å²) in [5.41, 5.74) is 0.699. The number of benzene rings is 1. The molecule has 0 atom stereocenters. The lowest BCUT2D eigenvalue weighted by atomic mass is 10.3. The first-order valence-corrected chi connectivity index (χ1v) is 5.81. The van der Waals surface area contributed by atoms with E-state index in [1.165, 1.54) is 4.90 Å². The number of hydrogen-bond acceptors (Lipinski definition) is 4. The Morgan fingerprint density at radius 3 is 2.83 bits per heavy atom. The molecule has 5 heteroatoms. The Hall–Kier alpha value is -2.04. The second kappa shape index (κ2) is 5.08. The highest BCUT2D eigenvalue weighted by Crippen LogP contribution is 2.22. The van der Waals surface area contributed by atoms with Crippen molar-refractivity contribution >= 4 is 17.6 Å². The van der Waals surface area contributed by atoms with E-state index < -0.39 is 0 Å². The number of hydrogen-bond donors (Lipinski definition) is 0. The molecule has 1 amide bonds. The Morgan fingerprint density at radius 2 is 2.22 bits per heavy atom. The maximum absolute atomic E-state index is 11.3. The highest BCUT2D eigenvalue weighted by molar-refractivity contribution is 6.00. The molecule has 0 N–H and O–H groups in total. The number of aliphatic imine (C=N–C) groups is 1. The Balaban J connectivity index is 2.19. The fraction of sp³-hybridized carbons (Fsp3) is 0.385. The molecule has 1 fully saturated rings.